The number of aryl methyl sites for hydroxylation is 1. The molecule has 0 fully saturated rings. The van der Waals surface area contributed by atoms with Crippen LogP contribution in [0.3, 0.4) is 0 Å². The number of non-ortho nitro benzene ring substituents is 1. The van der Waals surface area contributed by atoms with Gasteiger partial charge in [0.2, 0.25) is 5.91 Å². The zero-order valence-electron chi connectivity index (χ0n) is 16.8. The summed E-state index contributed by atoms with van der Waals surface area (Å²) in [6.07, 6.45) is 0. The summed E-state index contributed by atoms with van der Waals surface area (Å²) >= 11 is 1.22. The molecule has 0 bridgehead atoms. The maximum Gasteiger partial charge on any atom is 0.271 e. The molecule has 1 amide bonds. The number of amides is 1. The van der Waals surface area contributed by atoms with Gasteiger partial charge in [-0.2, -0.15) is 0 Å². The molecule has 0 saturated heterocycles. The highest BCUT2D eigenvalue weighted by Crippen LogP contribution is 2.23. The number of carbonyl (C=O) groups is 1. The number of aromatic nitrogens is 3. The van der Waals surface area contributed by atoms with Gasteiger partial charge in [0, 0.05) is 24.9 Å². The molecule has 0 aliphatic carbocycles. The highest BCUT2D eigenvalue weighted by atomic mass is 32.2. The van der Waals surface area contributed by atoms with Crippen LogP contribution < -0.4 is 10.1 Å². The molecule has 10 heteroatoms. The zero-order valence-corrected chi connectivity index (χ0v) is 17.6. The van der Waals surface area contributed by atoms with Gasteiger partial charge >= 0.3 is 0 Å². The Morgan fingerprint density at radius 1 is 1.23 bits per heavy atom. The number of ether oxygens (including phenoxy) is 1. The number of rotatable bonds is 8. The van der Waals surface area contributed by atoms with Gasteiger partial charge in [0.15, 0.2) is 11.0 Å². The van der Waals surface area contributed by atoms with Gasteiger partial charge in [0.1, 0.15) is 12.4 Å². The molecule has 9 nitrogen and oxygen atoms in total. The molecule has 0 atom stereocenters. The monoisotopic (exact) mass is 427 g/mol. The summed E-state index contributed by atoms with van der Waals surface area (Å²) in [5.41, 5.74) is 2.51. The van der Waals surface area contributed by atoms with Crippen molar-refractivity contribution in [1.82, 2.24) is 14.8 Å². The highest BCUT2D eigenvalue weighted by molar-refractivity contribution is 7.99. The van der Waals surface area contributed by atoms with Crippen LogP contribution in [-0.2, 0) is 18.4 Å². The first-order chi connectivity index (χ1) is 14.3. The van der Waals surface area contributed by atoms with Crippen LogP contribution in [0.25, 0.3) is 0 Å². The Balaban J connectivity index is 1.56. The van der Waals surface area contributed by atoms with E-state index in [1.807, 2.05) is 39.1 Å². The molecule has 0 aliphatic rings. The van der Waals surface area contributed by atoms with E-state index in [-0.39, 0.29) is 24.0 Å². The second-order valence-electron chi connectivity index (χ2n) is 6.59. The number of nitro benzene ring substituents is 1. The molecule has 3 aromatic rings. The van der Waals surface area contributed by atoms with E-state index in [4.69, 9.17) is 4.74 Å². The maximum absolute atomic E-state index is 12.2. The lowest BCUT2D eigenvalue weighted by Gasteiger charge is -2.10. The van der Waals surface area contributed by atoms with Crippen LogP contribution in [0.15, 0.2) is 47.6 Å². The summed E-state index contributed by atoms with van der Waals surface area (Å²) in [5, 5.41) is 22.3. The van der Waals surface area contributed by atoms with Crippen LogP contribution >= 0.6 is 11.8 Å². The van der Waals surface area contributed by atoms with Crippen molar-refractivity contribution in [2.75, 3.05) is 11.1 Å². The fraction of sp³-hybridized carbons (Fsp3) is 0.250. The number of nitro groups is 1. The lowest BCUT2D eigenvalue weighted by molar-refractivity contribution is -0.384. The molecular weight excluding hydrogens is 406 g/mol. The minimum absolute atomic E-state index is 0.0813. The molecule has 30 heavy (non-hydrogen) atoms. The van der Waals surface area contributed by atoms with Crippen molar-refractivity contribution in [1.29, 1.82) is 0 Å². The minimum atomic E-state index is -0.508. The zero-order chi connectivity index (χ0) is 21.7. The van der Waals surface area contributed by atoms with Crippen molar-refractivity contribution >= 4 is 29.0 Å². The third-order valence-electron chi connectivity index (χ3n) is 4.51. The second kappa shape index (κ2) is 9.40. The Bertz CT molecular complexity index is 1080. The number of hydrogen-bond acceptors (Lipinski definition) is 7. The SMILES string of the molecule is Cc1cccc(OCc2nnc(SCC(=O)Nc3cccc([N+](=O)[O-])c3)n2C)c1C. The molecule has 0 radical (unpaired) electrons. The number of hydrogen-bond donors (Lipinski definition) is 1. The van der Waals surface area contributed by atoms with Gasteiger partial charge in [-0.15, -0.1) is 10.2 Å². The van der Waals surface area contributed by atoms with E-state index in [1.165, 1.54) is 30.0 Å². The van der Waals surface area contributed by atoms with Gasteiger partial charge in [0.05, 0.1) is 10.7 Å². The fourth-order valence-electron chi connectivity index (χ4n) is 2.64. The van der Waals surface area contributed by atoms with E-state index in [2.05, 4.69) is 15.5 Å². The Morgan fingerprint density at radius 2 is 2.00 bits per heavy atom. The standard InChI is InChI=1S/C20H21N5O4S/c1-13-6-4-9-17(14(13)2)29-11-18-22-23-20(24(18)3)30-12-19(26)21-15-7-5-8-16(10-15)25(27)28/h4-10H,11-12H2,1-3H3,(H,21,26). The molecule has 0 aliphatic heterocycles. The molecule has 2 aromatic carbocycles. The Morgan fingerprint density at radius 3 is 2.77 bits per heavy atom. The summed E-state index contributed by atoms with van der Waals surface area (Å²) in [5.74, 6) is 1.23. The predicted molar refractivity (Wildman–Crippen MR) is 114 cm³/mol. The third-order valence-corrected chi connectivity index (χ3v) is 5.53. The van der Waals surface area contributed by atoms with Gasteiger partial charge in [-0.05, 0) is 37.1 Å². The molecule has 1 N–H and O–H groups in total. The highest BCUT2D eigenvalue weighted by Gasteiger charge is 2.14. The molecule has 0 unspecified atom stereocenters. The number of benzene rings is 2. The van der Waals surface area contributed by atoms with Crippen LogP contribution in [0, 0.1) is 24.0 Å². The Kier molecular flexibility index (Phi) is 6.68. The quantitative estimate of drug-likeness (QED) is 0.332. The van der Waals surface area contributed by atoms with E-state index in [0.29, 0.717) is 16.7 Å². The second-order valence-corrected chi connectivity index (χ2v) is 7.53. The summed E-state index contributed by atoms with van der Waals surface area (Å²) in [6, 6.07) is 11.7. The molecule has 156 valence electrons. The average Bonchev–Trinajstić information content (AvgIpc) is 3.07. The van der Waals surface area contributed by atoms with E-state index in [9.17, 15) is 14.9 Å². The fourth-order valence-corrected chi connectivity index (χ4v) is 3.37. The summed E-state index contributed by atoms with van der Waals surface area (Å²) in [4.78, 5) is 22.5. The van der Waals surface area contributed by atoms with Crippen LogP contribution in [-0.4, -0.2) is 31.3 Å². The Labute approximate surface area is 177 Å². The van der Waals surface area contributed by atoms with Gasteiger partial charge in [0.25, 0.3) is 5.69 Å². The molecule has 1 aromatic heterocycles. The number of nitrogens with one attached hydrogen (secondary N) is 1. The molecule has 1 heterocycles. The van der Waals surface area contributed by atoms with E-state index < -0.39 is 4.92 Å². The van der Waals surface area contributed by atoms with Crippen LogP contribution in [0.2, 0.25) is 0 Å². The first kappa shape index (κ1) is 21.3. The van der Waals surface area contributed by atoms with Crippen molar-refractivity contribution < 1.29 is 14.5 Å². The van der Waals surface area contributed by atoms with Crippen molar-refractivity contribution in [2.24, 2.45) is 7.05 Å². The lowest BCUT2D eigenvalue weighted by atomic mass is 10.1. The summed E-state index contributed by atoms with van der Waals surface area (Å²) in [6.45, 7) is 4.29. The minimum Gasteiger partial charge on any atom is -0.485 e. The van der Waals surface area contributed by atoms with Gasteiger partial charge in [-0.1, -0.05) is 30.0 Å². The maximum atomic E-state index is 12.2. The number of anilines is 1. The first-order valence-corrected chi connectivity index (χ1v) is 10.1. The van der Waals surface area contributed by atoms with Crippen LogP contribution in [0.1, 0.15) is 17.0 Å². The summed E-state index contributed by atoms with van der Waals surface area (Å²) < 4.78 is 7.64. The van der Waals surface area contributed by atoms with Crippen molar-refractivity contribution in [3.63, 3.8) is 0 Å². The van der Waals surface area contributed by atoms with Gasteiger partial charge in [-0.3, -0.25) is 14.9 Å². The van der Waals surface area contributed by atoms with E-state index in [1.54, 1.807) is 10.6 Å². The smallest absolute Gasteiger partial charge is 0.271 e. The average molecular weight is 427 g/mol. The largest absolute Gasteiger partial charge is 0.485 e. The molecule has 3 rings (SSSR count). The van der Waals surface area contributed by atoms with Gasteiger partial charge in [-0.25, -0.2) is 0 Å². The van der Waals surface area contributed by atoms with Crippen molar-refractivity contribution in [3.05, 3.63) is 69.5 Å². The molecule has 0 spiro atoms. The Hall–Kier alpha value is -3.40. The molecular formula is C20H21N5O4S. The summed E-state index contributed by atoms with van der Waals surface area (Å²) in [7, 11) is 1.81. The third kappa shape index (κ3) is 5.15. The van der Waals surface area contributed by atoms with E-state index in [0.717, 1.165) is 16.9 Å². The normalized spacial score (nSPS) is 10.6. The number of thioether (sulfide) groups is 1. The van der Waals surface area contributed by atoms with Crippen LogP contribution in [0.5, 0.6) is 5.75 Å². The number of carbonyl (C=O) groups excluding carboxylic acids is 1. The lowest BCUT2D eigenvalue weighted by Crippen LogP contribution is -2.14. The van der Waals surface area contributed by atoms with Crippen molar-refractivity contribution in [2.45, 2.75) is 25.6 Å². The van der Waals surface area contributed by atoms with Crippen molar-refractivity contribution in [3.8, 4) is 5.75 Å². The topological polar surface area (TPSA) is 112 Å². The van der Waals surface area contributed by atoms with Gasteiger partial charge < -0.3 is 14.6 Å². The number of nitrogens with zero attached hydrogens (tertiary/aromatic N) is 4. The van der Waals surface area contributed by atoms with Crippen LogP contribution in [0.4, 0.5) is 11.4 Å². The predicted octanol–water partition coefficient (Wildman–Crippen LogP) is 3.65. The molecule has 0 saturated carbocycles. The van der Waals surface area contributed by atoms with E-state index >= 15 is 0 Å². The first-order valence-electron chi connectivity index (χ1n) is 9.09.